The van der Waals surface area contributed by atoms with Crippen LogP contribution in [0, 0.1) is 0 Å². The largest absolute Gasteiger partial charge is 0.243 e. The smallest absolute Gasteiger partial charge is 0.207 e. The molecule has 0 aliphatic carbocycles. The van der Waals surface area contributed by atoms with Crippen LogP contribution in [-0.4, -0.2) is 31.2 Å². The van der Waals surface area contributed by atoms with E-state index in [1.165, 1.54) is 22.5 Å². The van der Waals surface area contributed by atoms with Crippen molar-refractivity contribution in [2.45, 2.75) is 36.6 Å². The van der Waals surface area contributed by atoms with E-state index in [0.29, 0.717) is 22.5 Å². The summed E-state index contributed by atoms with van der Waals surface area (Å²) in [5, 5.41) is 0.627. The van der Waals surface area contributed by atoms with E-state index in [2.05, 4.69) is 0 Å². The maximum atomic E-state index is 12.8. The first-order valence-electron chi connectivity index (χ1n) is 6.49. The van der Waals surface area contributed by atoms with E-state index in [0.717, 1.165) is 25.7 Å². The molecule has 20 heavy (non-hydrogen) atoms. The van der Waals surface area contributed by atoms with E-state index in [4.69, 9.17) is 34.8 Å². The van der Waals surface area contributed by atoms with Gasteiger partial charge in [-0.2, -0.15) is 4.31 Å². The molecule has 0 spiro atoms. The molecular formula is C13H16Cl3NO2S. The van der Waals surface area contributed by atoms with Gasteiger partial charge in [0.1, 0.15) is 0 Å². The summed E-state index contributed by atoms with van der Waals surface area (Å²) in [6.45, 7) is 0.490. The SMILES string of the molecule is O=S(=O)(c1cc(Cl)cc(Cl)c1)N1CCCCCC1CCl. The molecule has 3 nitrogen and oxygen atoms in total. The number of nitrogens with zero attached hydrogens (tertiary/aromatic N) is 1. The first-order chi connectivity index (χ1) is 9.45. The van der Waals surface area contributed by atoms with Gasteiger partial charge in [-0.05, 0) is 31.0 Å². The molecular weight excluding hydrogens is 341 g/mol. The average molecular weight is 357 g/mol. The third-order valence-electron chi connectivity index (χ3n) is 3.44. The predicted octanol–water partition coefficient (Wildman–Crippen LogP) is 4.17. The highest BCUT2D eigenvalue weighted by molar-refractivity contribution is 7.89. The number of halogens is 3. The van der Waals surface area contributed by atoms with E-state index in [1.807, 2.05) is 0 Å². The van der Waals surface area contributed by atoms with Crippen molar-refractivity contribution in [3.63, 3.8) is 0 Å². The summed E-state index contributed by atoms with van der Waals surface area (Å²) in [5.41, 5.74) is 0. The van der Waals surface area contributed by atoms with Crippen molar-refractivity contribution in [3.8, 4) is 0 Å². The Morgan fingerprint density at radius 1 is 1.10 bits per heavy atom. The van der Waals surface area contributed by atoms with Crippen LogP contribution in [0.3, 0.4) is 0 Å². The van der Waals surface area contributed by atoms with Crippen molar-refractivity contribution < 1.29 is 8.42 Å². The van der Waals surface area contributed by atoms with Crippen LogP contribution in [0.4, 0.5) is 0 Å². The van der Waals surface area contributed by atoms with Gasteiger partial charge in [0, 0.05) is 28.5 Å². The molecule has 1 saturated heterocycles. The van der Waals surface area contributed by atoms with E-state index in [-0.39, 0.29) is 10.9 Å². The zero-order valence-corrected chi connectivity index (χ0v) is 13.9. The Kier molecular flexibility index (Phi) is 5.60. The van der Waals surface area contributed by atoms with Gasteiger partial charge in [0.2, 0.25) is 10.0 Å². The summed E-state index contributed by atoms with van der Waals surface area (Å²) in [5.74, 6) is 0.299. The molecule has 0 aromatic heterocycles. The van der Waals surface area contributed by atoms with Crippen molar-refractivity contribution in [1.82, 2.24) is 4.31 Å². The van der Waals surface area contributed by atoms with Crippen LogP contribution in [-0.2, 0) is 10.0 Å². The average Bonchev–Trinajstić information content (AvgIpc) is 2.62. The number of sulfonamides is 1. The molecule has 0 radical (unpaired) electrons. The Labute approximate surface area is 134 Å². The monoisotopic (exact) mass is 355 g/mol. The highest BCUT2D eigenvalue weighted by Crippen LogP contribution is 2.29. The van der Waals surface area contributed by atoms with Gasteiger partial charge in [-0.3, -0.25) is 0 Å². The van der Waals surface area contributed by atoms with Crippen molar-refractivity contribution in [1.29, 1.82) is 0 Å². The lowest BCUT2D eigenvalue weighted by Crippen LogP contribution is -2.41. The zero-order valence-electron chi connectivity index (χ0n) is 10.9. The van der Waals surface area contributed by atoms with Crippen LogP contribution in [0.15, 0.2) is 23.1 Å². The second kappa shape index (κ2) is 6.84. The van der Waals surface area contributed by atoms with Gasteiger partial charge in [-0.1, -0.05) is 36.0 Å². The Balaban J connectivity index is 2.41. The minimum Gasteiger partial charge on any atom is -0.207 e. The van der Waals surface area contributed by atoms with Gasteiger partial charge in [-0.15, -0.1) is 11.6 Å². The van der Waals surface area contributed by atoms with Gasteiger partial charge < -0.3 is 0 Å². The maximum Gasteiger partial charge on any atom is 0.243 e. The van der Waals surface area contributed by atoms with Crippen molar-refractivity contribution in [2.75, 3.05) is 12.4 Å². The number of hydrogen-bond acceptors (Lipinski definition) is 2. The lowest BCUT2D eigenvalue weighted by Gasteiger charge is -2.27. The summed E-state index contributed by atoms with van der Waals surface area (Å²) in [6.07, 6.45) is 3.66. The minimum absolute atomic E-state index is 0.131. The van der Waals surface area contributed by atoms with Crippen LogP contribution in [0.1, 0.15) is 25.7 Å². The molecule has 0 saturated carbocycles. The van der Waals surface area contributed by atoms with Crippen LogP contribution in [0.2, 0.25) is 10.0 Å². The zero-order chi connectivity index (χ0) is 14.8. The third kappa shape index (κ3) is 3.60. The van der Waals surface area contributed by atoms with E-state index < -0.39 is 10.0 Å². The molecule has 7 heteroatoms. The highest BCUT2D eigenvalue weighted by atomic mass is 35.5. The van der Waals surface area contributed by atoms with Gasteiger partial charge in [-0.25, -0.2) is 8.42 Å². The molecule has 1 aliphatic heterocycles. The second-order valence-electron chi connectivity index (χ2n) is 4.88. The normalized spacial score (nSPS) is 21.6. The molecule has 1 heterocycles. The summed E-state index contributed by atoms with van der Waals surface area (Å²) in [6, 6.07) is 4.21. The van der Waals surface area contributed by atoms with Gasteiger partial charge >= 0.3 is 0 Å². The standard InChI is InChI=1S/C13H16Cl3NO2S/c14-9-12-4-2-1-3-5-17(12)20(18,19)13-7-10(15)6-11(16)8-13/h6-8,12H,1-5,9H2. The van der Waals surface area contributed by atoms with Crippen molar-refractivity contribution >= 4 is 44.8 Å². The molecule has 1 atom stereocenters. The Bertz CT molecular complexity index is 557. The number of hydrogen-bond donors (Lipinski definition) is 0. The summed E-state index contributed by atoms with van der Waals surface area (Å²) in [4.78, 5) is 0.131. The maximum absolute atomic E-state index is 12.8. The van der Waals surface area contributed by atoms with Crippen molar-refractivity contribution in [3.05, 3.63) is 28.2 Å². The van der Waals surface area contributed by atoms with Crippen LogP contribution < -0.4 is 0 Å². The third-order valence-corrected chi connectivity index (χ3v) is 6.17. The van der Waals surface area contributed by atoms with Crippen LogP contribution in [0.5, 0.6) is 0 Å². The lowest BCUT2D eigenvalue weighted by atomic mass is 10.1. The van der Waals surface area contributed by atoms with Crippen LogP contribution in [0.25, 0.3) is 0 Å². The van der Waals surface area contributed by atoms with Gasteiger partial charge in [0.15, 0.2) is 0 Å². The highest BCUT2D eigenvalue weighted by Gasteiger charge is 2.32. The molecule has 1 aliphatic rings. The summed E-state index contributed by atoms with van der Waals surface area (Å²) in [7, 11) is -3.61. The molecule has 0 N–H and O–H groups in total. The fourth-order valence-electron chi connectivity index (χ4n) is 2.43. The predicted molar refractivity (Wildman–Crippen MR) is 83.3 cm³/mol. The van der Waals surface area contributed by atoms with Crippen molar-refractivity contribution in [2.24, 2.45) is 0 Å². The van der Waals surface area contributed by atoms with Gasteiger partial charge in [0.05, 0.1) is 4.90 Å². The Morgan fingerprint density at radius 3 is 2.35 bits per heavy atom. The molecule has 1 fully saturated rings. The molecule has 0 bridgehead atoms. The molecule has 1 unspecified atom stereocenters. The molecule has 1 aromatic rings. The van der Waals surface area contributed by atoms with Crippen LogP contribution >= 0.6 is 34.8 Å². The lowest BCUT2D eigenvalue weighted by molar-refractivity contribution is 0.345. The molecule has 0 amide bonds. The number of rotatable bonds is 3. The topological polar surface area (TPSA) is 37.4 Å². The number of alkyl halides is 1. The van der Waals surface area contributed by atoms with E-state index in [9.17, 15) is 8.42 Å². The Hall–Kier alpha value is -0.000000000000000111. The fourth-order valence-corrected chi connectivity index (χ4v) is 5.26. The van der Waals surface area contributed by atoms with Gasteiger partial charge in [0.25, 0.3) is 0 Å². The molecule has 1 aromatic carbocycles. The Morgan fingerprint density at radius 2 is 1.75 bits per heavy atom. The van der Waals surface area contributed by atoms with E-state index in [1.54, 1.807) is 0 Å². The summed E-state index contributed by atoms with van der Waals surface area (Å²) >= 11 is 17.8. The second-order valence-corrected chi connectivity index (χ2v) is 7.95. The molecule has 112 valence electrons. The minimum atomic E-state index is -3.61. The number of benzene rings is 1. The first-order valence-corrected chi connectivity index (χ1v) is 9.22. The van der Waals surface area contributed by atoms with E-state index >= 15 is 0 Å². The fraction of sp³-hybridized carbons (Fsp3) is 0.538. The quantitative estimate of drug-likeness (QED) is 0.762. The first kappa shape index (κ1) is 16.4. The summed E-state index contributed by atoms with van der Waals surface area (Å²) < 4.78 is 27.0. The molecule has 2 rings (SSSR count).